The lowest BCUT2D eigenvalue weighted by atomic mass is 10.2. The quantitative estimate of drug-likeness (QED) is 0.681. The SMILES string of the molecule is O=C(NCc1ccc(F)c(F)c1)c1nc(C2CC2)cnc1Nc1cncnc1. The predicted octanol–water partition coefficient (Wildman–Crippen LogP) is 3.10. The van der Waals surface area contributed by atoms with E-state index in [0.717, 1.165) is 30.7 Å². The number of hydrogen-bond donors (Lipinski definition) is 2. The summed E-state index contributed by atoms with van der Waals surface area (Å²) in [4.78, 5) is 29.4. The fourth-order valence-electron chi connectivity index (χ4n) is 2.64. The first-order valence-electron chi connectivity index (χ1n) is 8.71. The Bertz CT molecular complexity index is 1010. The number of nitrogens with one attached hydrogen (secondary N) is 2. The number of nitrogens with zero attached hydrogens (tertiary/aromatic N) is 4. The summed E-state index contributed by atoms with van der Waals surface area (Å²) in [5.74, 6) is -1.79. The number of aromatic nitrogens is 4. The van der Waals surface area contributed by atoms with Crippen LogP contribution in [0.1, 0.15) is 40.5 Å². The lowest BCUT2D eigenvalue weighted by Crippen LogP contribution is -2.25. The van der Waals surface area contributed by atoms with Crippen LogP contribution in [0.4, 0.5) is 20.3 Å². The molecule has 1 aromatic carbocycles. The topological polar surface area (TPSA) is 92.7 Å². The standard InChI is InChI=1S/C19H16F2N6O/c20-14-4-1-11(5-15(14)21)6-25-19(28)17-18(26-13-7-22-10-23-8-13)24-9-16(27-17)12-2-3-12/h1,4-5,7-10,12H,2-3,6H2,(H,24,26)(H,25,28). The molecule has 0 bridgehead atoms. The van der Waals surface area contributed by atoms with E-state index in [0.29, 0.717) is 17.2 Å². The summed E-state index contributed by atoms with van der Waals surface area (Å²) >= 11 is 0. The van der Waals surface area contributed by atoms with Crippen LogP contribution in [0.25, 0.3) is 0 Å². The highest BCUT2D eigenvalue weighted by Gasteiger charge is 2.27. The number of halogens is 2. The van der Waals surface area contributed by atoms with Gasteiger partial charge in [-0.3, -0.25) is 4.79 Å². The van der Waals surface area contributed by atoms with E-state index in [9.17, 15) is 13.6 Å². The van der Waals surface area contributed by atoms with Crippen molar-refractivity contribution in [3.63, 3.8) is 0 Å². The maximum atomic E-state index is 13.3. The third kappa shape index (κ3) is 4.08. The molecule has 9 heteroatoms. The van der Waals surface area contributed by atoms with Crippen LogP contribution in [-0.4, -0.2) is 25.8 Å². The first-order valence-corrected chi connectivity index (χ1v) is 8.71. The van der Waals surface area contributed by atoms with Crippen LogP contribution in [0.15, 0.2) is 43.1 Å². The van der Waals surface area contributed by atoms with Crippen LogP contribution in [0.3, 0.4) is 0 Å². The fraction of sp³-hybridized carbons (Fsp3) is 0.211. The summed E-state index contributed by atoms with van der Waals surface area (Å²) in [6.07, 6.45) is 8.17. The van der Waals surface area contributed by atoms with Gasteiger partial charge in [-0.1, -0.05) is 6.07 Å². The van der Waals surface area contributed by atoms with Gasteiger partial charge in [0.25, 0.3) is 5.91 Å². The van der Waals surface area contributed by atoms with Crippen molar-refractivity contribution in [1.29, 1.82) is 0 Å². The minimum atomic E-state index is -0.964. The zero-order chi connectivity index (χ0) is 19.5. The summed E-state index contributed by atoms with van der Waals surface area (Å²) in [5.41, 5.74) is 1.87. The zero-order valence-electron chi connectivity index (χ0n) is 14.7. The Labute approximate surface area is 159 Å². The molecule has 7 nitrogen and oxygen atoms in total. The third-order valence-electron chi connectivity index (χ3n) is 4.26. The van der Waals surface area contributed by atoms with E-state index >= 15 is 0 Å². The average Bonchev–Trinajstić information content (AvgIpc) is 3.55. The van der Waals surface area contributed by atoms with E-state index < -0.39 is 17.5 Å². The number of carbonyl (C=O) groups is 1. The lowest BCUT2D eigenvalue weighted by molar-refractivity contribution is 0.0946. The van der Waals surface area contributed by atoms with Crippen LogP contribution < -0.4 is 10.6 Å². The van der Waals surface area contributed by atoms with E-state index in [1.807, 2.05) is 0 Å². The largest absolute Gasteiger partial charge is 0.346 e. The molecule has 0 spiro atoms. The van der Waals surface area contributed by atoms with Crippen molar-refractivity contribution in [1.82, 2.24) is 25.3 Å². The Morgan fingerprint density at radius 3 is 2.61 bits per heavy atom. The predicted molar refractivity (Wildman–Crippen MR) is 96.8 cm³/mol. The summed E-state index contributed by atoms with van der Waals surface area (Å²) in [6.45, 7) is 0.0270. The summed E-state index contributed by atoms with van der Waals surface area (Å²) in [7, 11) is 0. The van der Waals surface area contributed by atoms with Gasteiger partial charge in [0.2, 0.25) is 0 Å². The van der Waals surface area contributed by atoms with Gasteiger partial charge in [-0.25, -0.2) is 28.7 Å². The molecule has 2 N–H and O–H groups in total. The molecule has 0 unspecified atom stereocenters. The van der Waals surface area contributed by atoms with E-state index in [4.69, 9.17) is 0 Å². The number of hydrogen-bond acceptors (Lipinski definition) is 6. The molecule has 142 valence electrons. The minimum absolute atomic E-state index is 0.0270. The van der Waals surface area contributed by atoms with E-state index in [1.165, 1.54) is 12.4 Å². The number of carbonyl (C=O) groups excluding carboxylic acids is 1. The van der Waals surface area contributed by atoms with Gasteiger partial charge in [-0.2, -0.15) is 0 Å². The van der Waals surface area contributed by atoms with Crippen LogP contribution >= 0.6 is 0 Å². The molecule has 0 aliphatic heterocycles. The first kappa shape index (κ1) is 17.9. The van der Waals surface area contributed by atoms with E-state index in [2.05, 4.69) is 30.6 Å². The molecule has 2 heterocycles. The molecule has 4 rings (SSSR count). The molecule has 1 fully saturated rings. The van der Waals surface area contributed by atoms with Crippen molar-refractivity contribution in [2.75, 3.05) is 5.32 Å². The molecule has 1 saturated carbocycles. The Morgan fingerprint density at radius 2 is 1.89 bits per heavy atom. The number of anilines is 2. The molecular weight excluding hydrogens is 366 g/mol. The molecule has 0 saturated heterocycles. The van der Waals surface area contributed by atoms with E-state index in [-0.39, 0.29) is 18.1 Å². The van der Waals surface area contributed by atoms with Gasteiger partial charge in [0.05, 0.1) is 30.0 Å². The second-order valence-corrected chi connectivity index (χ2v) is 6.45. The number of amides is 1. The number of benzene rings is 1. The van der Waals surface area contributed by atoms with Crippen LogP contribution in [0.5, 0.6) is 0 Å². The Hall–Kier alpha value is -3.49. The molecule has 2 aromatic heterocycles. The van der Waals surface area contributed by atoms with Crippen LogP contribution in [-0.2, 0) is 6.54 Å². The van der Waals surface area contributed by atoms with Crippen molar-refractivity contribution in [3.8, 4) is 0 Å². The molecular formula is C19H16F2N6O. The minimum Gasteiger partial charge on any atom is -0.346 e. The first-order chi connectivity index (χ1) is 13.6. The van der Waals surface area contributed by atoms with Gasteiger partial charge in [0.15, 0.2) is 23.1 Å². The molecule has 1 amide bonds. The van der Waals surface area contributed by atoms with Crippen LogP contribution in [0, 0.1) is 11.6 Å². The van der Waals surface area contributed by atoms with Crippen molar-refractivity contribution < 1.29 is 13.6 Å². The zero-order valence-corrected chi connectivity index (χ0v) is 14.7. The lowest BCUT2D eigenvalue weighted by Gasteiger charge is -2.12. The maximum absolute atomic E-state index is 13.3. The monoisotopic (exact) mass is 382 g/mol. The van der Waals surface area contributed by atoms with Gasteiger partial charge in [0, 0.05) is 12.5 Å². The smallest absolute Gasteiger partial charge is 0.274 e. The van der Waals surface area contributed by atoms with Crippen LogP contribution in [0.2, 0.25) is 0 Å². The van der Waals surface area contributed by atoms with E-state index in [1.54, 1.807) is 18.6 Å². The Morgan fingerprint density at radius 1 is 1.11 bits per heavy atom. The Kier molecular flexibility index (Phi) is 4.88. The second-order valence-electron chi connectivity index (χ2n) is 6.45. The summed E-state index contributed by atoms with van der Waals surface area (Å²) in [5, 5.41) is 5.66. The van der Waals surface area contributed by atoms with Gasteiger partial charge in [0.1, 0.15) is 6.33 Å². The average molecular weight is 382 g/mol. The van der Waals surface area contributed by atoms with Gasteiger partial charge < -0.3 is 10.6 Å². The molecule has 1 aliphatic rings. The number of rotatable bonds is 6. The Balaban J connectivity index is 1.55. The highest BCUT2D eigenvalue weighted by atomic mass is 19.2. The van der Waals surface area contributed by atoms with Crippen molar-refractivity contribution in [3.05, 3.63) is 71.7 Å². The fourth-order valence-corrected chi connectivity index (χ4v) is 2.64. The van der Waals surface area contributed by atoms with Crippen molar-refractivity contribution >= 4 is 17.4 Å². The van der Waals surface area contributed by atoms with Gasteiger partial charge in [-0.05, 0) is 30.5 Å². The highest BCUT2D eigenvalue weighted by Crippen LogP contribution is 2.39. The summed E-state index contributed by atoms with van der Waals surface area (Å²) in [6, 6.07) is 3.47. The maximum Gasteiger partial charge on any atom is 0.274 e. The van der Waals surface area contributed by atoms with Crippen molar-refractivity contribution in [2.45, 2.75) is 25.3 Å². The second kappa shape index (κ2) is 7.63. The molecule has 1 aliphatic carbocycles. The van der Waals surface area contributed by atoms with Gasteiger partial charge in [-0.15, -0.1) is 0 Å². The molecule has 0 radical (unpaired) electrons. The third-order valence-corrected chi connectivity index (χ3v) is 4.26. The molecule has 3 aromatic rings. The van der Waals surface area contributed by atoms with Crippen molar-refractivity contribution in [2.24, 2.45) is 0 Å². The summed E-state index contributed by atoms with van der Waals surface area (Å²) < 4.78 is 26.4. The molecule has 28 heavy (non-hydrogen) atoms. The van der Waals surface area contributed by atoms with Gasteiger partial charge >= 0.3 is 0 Å². The highest BCUT2D eigenvalue weighted by molar-refractivity contribution is 5.97. The molecule has 0 atom stereocenters. The normalized spacial score (nSPS) is 13.2.